The number of nitrogens with zero attached hydrogens (tertiary/aromatic N) is 3. The van der Waals surface area contributed by atoms with Crippen LogP contribution >= 0.6 is 15.9 Å². The fraction of sp³-hybridized carbons (Fsp3) is 0.769. The summed E-state index contributed by atoms with van der Waals surface area (Å²) in [7, 11) is 2.06. The van der Waals surface area contributed by atoms with Crippen molar-refractivity contribution in [1.82, 2.24) is 9.78 Å². The minimum Gasteiger partial charge on any atom is -0.357 e. The third-order valence-corrected chi connectivity index (χ3v) is 4.50. The highest BCUT2D eigenvalue weighted by Gasteiger charge is 2.23. The first-order chi connectivity index (χ1) is 8.17. The molecule has 3 nitrogen and oxygen atoms in total. The number of halogens is 1. The normalized spacial score (nSPS) is 17.8. The second kappa shape index (κ2) is 5.42. The summed E-state index contributed by atoms with van der Waals surface area (Å²) in [5, 5.41) is 5.44. The molecule has 0 N–H and O–H groups in total. The summed E-state index contributed by atoms with van der Waals surface area (Å²) >= 11 is 3.58. The van der Waals surface area contributed by atoms with Crippen LogP contribution < -0.4 is 4.90 Å². The molecule has 2 heterocycles. The molecule has 1 saturated heterocycles. The summed E-state index contributed by atoms with van der Waals surface area (Å²) in [6.45, 7) is 6.76. The molecule has 1 aromatic heterocycles. The third kappa shape index (κ3) is 2.51. The number of hydrogen-bond acceptors (Lipinski definition) is 2. The minimum absolute atomic E-state index is 0.899. The molecular weight excluding hydrogens is 278 g/mol. The standard InChI is InChI=1S/C13H22BrN3/c1-4-11-5-7-17(8-6-11)13-12(9-14)10(2)15-16(13)3/h11H,4-9H2,1-3H3. The van der Waals surface area contributed by atoms with E-state index in [4.69, 9.17) is 0 Å². The summed E-state index contributed by atoms with van der Waals surface area (Å²) in [5.74, 6) is 2.24. The van der Waals surface area contributed by atoms with Crippen molar-refractivity contribution in [3.63, 3.8) is 0 Å². The largest absolute Gasteiger partial charge is 0.357 e. The van der Waals surface area contributed by atoms with Gasteiger partial charge in [-0.25, -0.2) is 0 Å². The highest BCUT2D eigenvalue weighted by molar-refractivity contribution is 9.08. The van der Waals surface area contributed by atoms with Gasteiger partial charge >= 0.3 is 0 Å². The van der Waals surface area contributed by atoms with Crippen LogP contribution in [0.5, 0.6) is 0 Å². The quantitative estimate of drug-likeness (QED) is 0.799. The maximum Gasteiger partial charge on any atom is 0.130 e. The van der Waals surface area contributed by atoms with E-state index >= 15 is 0 Å². The van der Waals surface area contributed by atoms with Gasteiger partial charge < -0.3 is 4.90 Å². The van der Waals surface area contributed by atoms with Crippen LogP contribution in [-0.2, 0) is 12.4 Å². The zero-order valence-electron chi connectivity index (χ0n) is 11.0. The summed E-state index contributed by atoms with van der Waals surface area (Å²) in [6, 6.07) is 0. The Morgan fingerprint density at radius 2 is 2.00 bits per heavy atom. The zero-order valence-corrected chi connectivity index (χ0v) is 12.6. The molecule has 1 fully saturated rings. The molecular formula is C13H22BrN3. The van der Waals surface area contributed by atoms with Gasteiger partial charge in [-0.2, -0.15) is 5.10 Å². The third-order valence-electron chi connectivity index (χ3n) is 3.94. The molecule has 0 unspecified atom stereocenters. The smallest absolute Gasteiger partial charge is 0.130 e. The average molecular weight is 300 g/mol. The van der Waals surface area contributed by atoms with E-state index in [9.17, 15) is 0 Å². The number of rotatable bonds is 3. The predicted molar refractivity (Wildman–Crippen MR) is 75.8 cm³/mol. The van der Waals surface area contributed by atoms with Crippen molar-refractivity contribution in [3.05, 3.63) is 11.3 Å². The SMILES string of the molecule is CCC1CCN(c2c(CBr)c(C)nn2C)CC1. The monoisotopic (exact) mass is 299 g/mol. The van der Waals surface area contributed by atoms with Crippen molar-refractivity contribution in [2.75, 3.05) is 18.0 Å². The maximum absolute atomic E-state index is 4.54. The molecule has 2 rings (SSSR count). The van der Waals surface area contributed by atoms with Gasteiger partial charge in [-0.15, -0.1) is 0 Å². The summed E-state index contributed by atoms with van der Waals surface area (Å²) in [5.41, 5.74) is 2.50. The molecule has 0 aliphatic carbocycles. The molecule has 0 aromatic carbocycles. The second-order valence-corrected chi connectivity index (χ2v) is 5.54. The first-order valence-corrected chi connectivity index (χ1v) is 7.62. The number of aromatic nitrogens is 2. The van der Waals surface area contributed by atoms with Crippen LogP contribution in [0.15, 0.2) is 0 Å². The molecule has 1 aliphatic rings. The van der Waals surface area contributed by atoms with E-state index < -0.39 is 0 Å². The van der Waals surface area contributed by atoms with E-state index in [2.05, 4.69) is 46.8 Å². The summed E-state index contributed by atoms with van der Waals surface area (Å²) < 4.78 is 2.04. The molecule has 0 atom stereocenters. The predicted octanol–water partition coefficient (Wildman–Crippen LogP) is 3.25. The van der Waals surface area contributed by atoms with Gasteiger partial charge in [0.15, 0.2) is 0 Å². The van der Waals surface area contributed by atoms with Crippen LogP contribution in [0.25, 0.3) is 0 Å². The Morgan fingerprint density at radius 1 is 1.35 bits per heavy atom. The van der Waals surface area contributed by atoms with Crippen molar-refractivity contribution >= 4 is 21.7 Å². The Morgan fingerprint density at radius 3 is 2.53 bits per heavy atom. The van der Waals surface area contributed by atoms with E-state index in [-0.39, 0.29) is 0 Å². The van der Waals surface area contributed by atoms with E-state index in [1.807, 2.05) is 4.68 Å². The van der Waals surface area contributed by atoms with Gasteiger partial charge in [0.2, 0.25) is 0 Å². The topological polar surface area (TPSA) is 21.1 Å². The number of alkyl halides is 1. The van der Waals surface area contributed by atoms with Crippen LogP contribution in [0.3, 0.4) is 0 Å². The van der Waals surface area contributed by atoms with Gasteiger partial charge in [-0.3, -0.25) is 4.68 Å². The van der Waals surface area contributed by atoms with E-state index in [0.717, 1.165) is 16.9 Å². The van der Waals surface area contributed by atoms with Crippen LogP contribution in [0.2, 0.25) is 0 Å². The Balaban J connectivity index is 2.18. The van der Waals surface area contributed by atoms with Gasteiger partial charge in [0, 0.05) is 31.0 Å². The van der Waals surface area contributed by atoms with Crippen LogP contribution in [0, 0.1) is 12.8 Å². The zero-order chi connectivity index (χ0) is 12.4. The number of aryl methyl sites for hydroxylation is 2. The minimum atomic E-state index is 0.899. The molecule has 4 heteroatoms. The van der Waals surface area contributed by atoms with Crippen molar-refractivity contribution in [2.45, 2.75) is 38.4 Å². The highest BCUT2D eigenvalue weighted by atomic mass is 79.9. The molecule has 17 heavy (non-hydrogen) atoms. The lowest BCUT2D eigenvalue weighted by atomic mass is 9.94. The van der Waals surface area contributed by atoms with Gasteiger partial charge in [-0.05, 0) is 25.7 Å². The molecule has 0 amide bonds. The molecule has 0 bridgehead atoms. The Labute approximate surface area is 112 Å². The van der Waals surface area contributed by atoms with Crippen LogP contribution in [0.1, 0.15) is 37.4 Å². The number of hydrogen-bond donors (Lipinski definition) is 0. The molecule has 1 aromatic rings. The van der Waals surface area contributed by atoms with Crippen molar-refractivity contribution in [2.24, 2.45) is 13.0 Å². The number of piperidine rings is 1. The van der Waals surface area contributed by atoms with Crippen LogP contribution in [0.4, 0.5) is 5.82 Å². The average Bonchev–Trinajstić information content (AvgIpc) is 2.63. The van der Waals surface area contributed by atoms with Crippen molar-refractivity contribution in [3.8, 4) is 0 Å². The molecule has 0 radical (unpaired) electrons. The molecule has 0 saturated carbocycles. The van der Waals surface area contributed by atoms with Gasteiger partial charge in [0.1, 0.15) is 5.82 Å². The first kappa shape index (κ1) is 12.9. The van der Waals surface area contributed by atoms with Gasteiger partial charge in [0.05, 0.1) is 5.69 Å². The van der Waals surface area contributed by atoms with Crippen molar-refractivity contribution in [1.29, 1.82) is 0 Å². The maximum atomic E-state index is 4.54. The fourth-order valence-corrected chi connectivity index (χ4v) is 3.45. The molecule has 96 valence electrons. The lowest BCUT2D eigenvalue weighted by Crippen LogP contribution is -2.35. The van der Waals surface area contributed by atoms with Gasteiger partial charge in [-0.1, -0.05) is 29.3 Å². The fourth-order valence-electron chi connectivity index (χ4n) is 2.79. The second-order valence-electron chi connectivity index (χ2n) is 4.98. The van der Waals surface area contributed by atoms with Crippen LogP contribution in [-0.4, -0.2) is 22.9 Å². The van der Waals surface area contributed by atoms with Gasteiger partial charge in [0.25, 0.3) is 0 Å². The lowest BCUT2D eigenvalue weighted by Gasteiger charge is -2.33. The first-order valence-electron chi connectivity index (χ1n) is 6.50. The highest BCUT2D eigenvalue weighted by Crippen LogP contribution is 2.30. The lowest BCUT2D eigenvalue weighted by molar-refractivity contribution is 0.391. The summed E-state index contributed by atoms with van der Waals surface area (Å²) in [4.78, 5) is 2.50. The summed E-state index contributed by atoms with van der Waals surface area (Å²) in [6.07, 6.45) is 3.97. The molecule has 0 spiro atoms. The Bertz CT molecular complexity index is 378. The van der Waals surface area contributed by atoms with E-state index in [1.54, 1.807) is 0 Å². The van der Waals surface area contributed by atoms with Crippen molar-refractivity contribution < 1.29 is 0 Å². The number of anilines is 1. The molecule has 1 aliphatic heterocycles. The van der Waals surface area contributed by atoms with E-state index in [0.29, 0.717) is 0 Å². The van der Waals surface area contributed by atoms with E-state index in [1.165, 1.54) is 43.7 Å². The Kier molecular flexibility index (Phi) is 4.13. The Hall–Kier alpha value is -0.510.